The van der Waals surface area contributed by atoms with Crippen molar-refractivity contribution >= 4 is 5.91 Å². The molecule has 0 saturated carbocycles. The van der Waals surface area contributed by atoms with Gasteiger partial charge in [0.15, 0.2) is 5.69 Å². The summed E-state index contributed by atoms with van der Waals surface area (Å²) < 4.78 is 6.83. The number of amides is 1. The molecule has 1 aliphatic rings. The molecule has 1 aromatic carbocycles. The lowest BCUT2D eigenvalue weighted by atomic mass is 10.2. The fourth-order valence-corrected chi connectivity index (χ4v) is 2.97. The van der Waals surface area contributed by atoms with Crippen LogP contribution in [0.5, 0.6) is 0 Å². The van der Waals surface area contributed by atoms with Crippen LogP contribution in [0.25, 0.3) is 11.3 Å². The molecule has 0 spiro atoms. The van der Waals surface area contributed by atoms with Crippen molar-refractivity contribution in [3.8, 4) is 11.3 Å². The fraction of sp³-hybridized carbons (Fsp3) is 0.294. The van der Waals surface area contributed by atoms with E-state index in [4.69, 9.17) is 4.52 Å². The number of nitrogens with zero attached hydrogens (tertiary/aromatic N) is 5. The number of benzene rings is 1. The number of hydrogen-bond acceptors (Lipinski definition) is 5. The van der Waals surface area contributed by atoms with Crippen LogP contribution in [0.4, 0.5) is 0 Å². The molecule has 1 atom stereocenters. The summed E-state index contributed by atoms with van der Waals surface area (Å²) in [5.74, 6) is 0.538. The van der Waals surface area contributed by atoms with E-state index in [1.807, 2.05) is 41.2 Å². The molecule has 7 nitrogen and oxygen atoms in total. The van der Waals surface area contributed by atoms with Crippen molar-refractivity contribution in [1.82, 2.24) is 25.1 Å². The van der Waals surface area contributed by atoms with Crippen LogP contribution in [0.1, 0.15) is 28.7 Å². The van der Waals surface area contributed by atoms with Gasteiger partial charge in [-0.2, -0.15) is 0 Å². The maximum atomic E-state index is 12.4. The van der Waals surface area contributed by atoms with Crippen molar-refractivity contribution in [2.45, 2.75) is 19.4 Å². The van der Waals surface area contributed by atoms with Crippen LogP contribution in [0.15, 0.2) is 47.1 Å². The highest BCUT2D eigenvalue weighted by Gasteiger charge is 2.30. The van der Waals surface area contributed by atoms with Gasteiger partial charge in [-0.3, -0.25) is 4.79 Å². The predicted molar refractivity (Wildman–Crippen MR) is 86.3 cm³/mol. The molecular formula is C17H17N5O2. The second-order valence-corrected chi connectivity index (χ2v) is 5.97. The van der Waals surface area contributed by atoms with Crippen LogP contribution in [0, 0.1) is 6.92 Å². The SMILES string of the molecule is Cc1cc(C(=O)N2CCC(n3cc(-c4ccccc4)nn3)C2)no1. The Bertz CT molecular complexity index is 855. The number of carbonyl (C=O) groups excluding carboxylic acids is 1. The molecule has 0 N–H and O–H groups in total. The lowest BCUT2D eigenvalue weighted by Crippen LogP contribution is -2.29. The minimum atomic E-state index is -0.0993. The van der Waals surface area contributed by atoms with Gasteiger partial charge in [-0.15, -0.1) is 5.10 Å². The number of aromatic nitrogens is 4. The third kappa shape index (κ3) is 2.68. The van der Waals surface area contributed by atoms with Gasteiger partial charge in [0.05, 0.1) is 12.2 Å². The minimum Gasteiger partial charge on any atom is -0.361 e. The Hall–Kier alpha value is -2.96. The number of aryl methyl sites for hydroxylation is 1. The summed E-state index contributed by atoms with van der Waals surface area (Å²) in [6.45, 7) is 3.05. The molecule has 1 fully saturated rings. The summed E-state index contributed by atoms with van der Waals surface area (Å²) in [7, 11) is 0. The molecule has 7 heteroatoms. The van der Waals surface area contributed by atoms with Gasteiger partial charge in [0.25, 0.3) is 5.91 Å². The van der Waals surface area contributed by atoms with Crippen molar-refractivity contribution in [2.75, 3.05) is 13.1 Å². The summed E-state index contributed by atoms with van der Waals surface area (Å²) in [6, 6.07) is 11.7. The maximum Gasteiger partial charge on any atom is 0.276 e. The number of likely N-dealkylation sites (tertiary alicyclic amines) is 1. The molecule has 24 heavy (non-hydrogen) atoms. The van der Waals surface area contributed by atoms with E-state index in [2.05, 4.69) is 15.5 Å². The lowest BCUT2D eigenvalue weighted by molar-refractivity contribution is 0.0776. The first-order valence-corrected chi connectivity index (χ1v) is 7.90. The fourth-order valence-electron chi connectivity index (χ4n) is 2.97. The summed E-state index contributed by atoms with van der Waals surface area (Å²) in [6.07, 6.45) is 2.79. The first-order valence-electron chi connectivity index (χ1n) is 7.90. The third-order valence-corrected chi connectivity index (χ3v) is 4.25. The van der Waals surface area contributed by atoms with Gasteiger partial charge in [-0.05, 0) is 13.3 Å². The van der Waals surface area contributed by atoms with Crippen molar-refractivity contribution in [2.24, 2.45) is 0 Å². The predicted octanol–water partition coefficient (Wildman–Crippen LogP) is 2.33. The van der Waals surface area contributed by atoms with Crippen molar-refractivity contribution in [3.05, 3.63) is 54.0 Å². The van der Waals surface area contributed by atoms with Crippen LogP contribution in [-0.2, 0) is 0 Å². The highest BCUT2D eigenvalue weighted by atomic mass is 16.5. The summed E-state index contributed by atoms with van der Waals surface area (Å²) >= 11 is 0. The first kappa shape index (κ1) is 14.6. The van der Waals surface area contributed by atoms with Crippen molar-refractivity contribution in [3.63, 3.8) is 0 Å². The molecule has 4 rings (SSSR count). The molecule has 2 aromatic heterocycles. The molecule has 0 bridgehead atoms. The van der Waals surface area contributed by atoms with E-state index in [1.54, 1.807) is 17.9 Å². The second kappa shape index (κ2) is 5.92. The average Bonchev–Trinajstić information content (AvgIpc) is 3.35. The summed E-state index contributed by atoms with van der Waals surface area (Å²) in [5, 5.41) is 12.3. The van der Waals surface area contributed by atoms with Gasteiger partial charge in [0.1, 0.15) is 11.5 Å². The third-order valence-electron chi connectivity index (χ3n) is 4.25. The lowest BCUT2D eigenvalue weighted by Gasteiger charge is -2.14. The molecule has 3 aromatic rings. The number of hydrogen-bond donors (Lipinski definition) is 0. The normalized spacial score (nSPS) is 17.4. The topological polar surface area (TPSA) is 77.1 Å². The molecule has 1 unspecified atom stereocenters. The van der Waals surface area contributed by atoms with E-state index in [0.717, 1.165) is 17.7 Å². The Labute approximate surface area is 138 Å². The molecule has 0 radical (unpaired) electrons. The van der Waals surface area contributed by atoms with Crippen LogP contribution >= 0.6 is 0 Å². The highest BCUT2D eigenvalue weighted by Crippen LogP contribution is 2.24. The molecule has 1 saturated heterocycles. The van der Waals surface area contributed by atoms with Gasteiger partial charge >= 0.3 is 0 Å². The van der Waals surface area contributed by atoms with Gasteiger partial charge in [-0.1, -0.05) is 40.7 Å². The standard InChI is InChI=1S/C17H17N5O2/c1-12-9-15(19-24-12)17(23)21-8-7-14(10-21)22-11-16(18-20-22)13-5-3-2-4-6-13/h2-6,9,11,14H,7-8,10H2,1H3. The molecule has 0 aliphatic carbocycles. The molecular weight excluding hydrogens is 306 g/mol. The zero-order valence-electron chi connectivity index (χ0n) is 13.3. The molecule has 1 aliphatic heterocycles. The van der Waals surface area contributed by atoms with E-state index in [0.29, 0.717) is 24.5 Å². The van der Waals surface area contributed by atoms with E-state index in [9.17, 15) is 4.79 Å². The number of rotatable bonds is 3. The summed E-state index contributed by atoms with van der Waals surface area (Å²) in [4.78, 5) is 14.2. The minimum absolute atomic E-state index is 0.0993. The van der Waals surface area contributed by atoms with Gasteiger partial charge in [0.2, 0.25) is 0 Å². The zero-order chi connectivity index (χ0) is 16.5. The quantitative estimate of drug-likeness (QED) is 0.739. The monoisotopic (exact) mass is 323 g/mol. The van der Waals surface area contributed by atoms with Crippen LogP contribution in [0.3, 0.4) is 0 Å². The Balaban J connectivity index is 1.47. The average molecular weight is 323 g/mol. The molecule has 3 heterocycles. The largest absolute Gasteiger partial charge is 0.361 e. The van der Waals surface area contributed by atoms with Crippen molar-refractivity contribution < 1.29 is 9.32 Å². The Morgan fingerprint density at radius 3 is 2.88 bits per heavy atom. The van der Waals surface area contributed by atoms with Crippen LogP contribution in [-0.4, -0.2) is 44.0 Å². The van der Waals surface area contributed by atoms with Crippen LogP contribution < -0.4 is 0 Å². The highest BCUT2D eigenvalue weighted by molar-refractivity contribution is 5.92. The maximum absolute atomic E-state index is 12.4. The smallest absolute Gasteiger partial charge is 0.276 e. The number of carbonyl (C=O) groups is 1. The summed E-state index contributed by atoms with van der Waals surface area (Å²) in [5.41, 5.74) is 2.23. The Kier molecular flexibility index (Phi) is 3.60. The van der Waals surface area contributed by atoms with E-state index in [1.165, 1.54) is 0 Å². The van der Waals surface area contributed by atoms with Crippen LogP contribution in [0.2, 0.25) is 0 Å². The van der Waals surface area contributed by atoms with Gasteiger partial charge in [-0.25, -0.2) is 4.68 Å². The van der Waals surface area contributed by atoms with E-state index < -0.39 is 0 Å². The second-order valence-electron chi connectivity index (χ2n) is 5.97. The van der Waals surface area contributed by atoms with E-state index >= 15 is 0 Å². The zero-order valence-corrected chi connectivity index (χ0v) is 13.3. The molecule has 1 amide bonds. The Morgan fingerprint density at radius 1 is 1.29 bits per heavy atom. The first-order chi connectivity index (χ1) is 11.7. The van der Waals surface area contributed by atoms with Crippen molar-refractivity contribution in [1.29, 1.82) is 0 Å². The van der Waals surface area contributed by atoms with Gasteiger partial charge < -0.3 is 9.42 Å². The van der Waals surface area contributed by atoms with Gasteiger partial charge in [0, 0.05) is 24.7 Å². The van der Waals surface area contributed by atoms with E-state index in [-0.39, 0.29) is 11.9 Å². The Morgan fingerprint density at radius 2 is 2.12 bits per heavy atom. The molecule has 122 valence electrons.